The average Bonchev–Trinajstić information content (AvgIpc) is 2.99. The molecule has 2 rings (SSSR count). The van der Waals surface area contributed by atoms with Gasteiger partial charge in [0.05, 0.1) is 0 Å². The van der Waals surface area contributed by atoms with Crippen LogP contribution in [0.2, 0.25) is 0 Å². The van der Waals surface area contributed by atoms with E-state index in [4.69, 9.17) is 4.74 Å². The molecule has 0 fully saturated rings. The smallest absolute Gasteiger partial charge is 0.158 e. The van der Waals surface area contributed by atoms with E-state index in [2.05, 4.69) is 34.1 Å². The van der Waals surface area contributed by atoms with Gasteiger partial charge in [-0.2, -0.15) is 0 Å². The number of nitrogens with one attached hydrogen (secondary N) is 1. The highest BCUT2D eigenvalue weighted by molar-refractivity contribution is 5.42. The Balaban J connectivity index is 2.34. The third kappa shape index (κ3) is 4.01. The average molecular weight is 289 g/mol. The molecule has 6 heteroatoms. The topological polar surface area (TPSA) is 64.9 Å². The lowest BCUT2D eigenvalue weighted by Crippen LogP contribution is -2.10. The Kier molecular flexibility index (Phi) is 5.68. The van der Waals surface area contributed by atoms with Gasteiger partial charge in [-0.25, -0.2) is 15.0 Å². The van der Waals surface area contributed by atoms with E-state index in [0.29, 0.717) is 19.0 Å². The van der Waals surface area contributed by atoms with E-state index in [1.54, 1.807) is 6.20 Å². The van der Waals surface area contributed by atoms with Gasteiger partial charge in [0.1, 0.15) is 24.1 Å². The van der Waals surface area contributed by atoms with Crippen molar-refractivity contribution in [2.75, 3.05) is 18.5 Å². The molecule has 114 valence electrons. The lowest BCUT2D eigenvalue weighted by Gasteiger charge is -2.11. The van der Waals surface area contributed by atoms with E-state index < -0.39 is 0 Å². The van der Waals surface area contributed by atoms with Gasteiger partial charge in [0.25, 0.3) is 0 Å². The second-order valence-electron chi connectivity index (χ2n) is 4.66. The van der Waals surface area contributed by atoms with E-state index in [9.17, 15) is 0 Å². The van der Waals surface area contributed by atoms with Crippen LogP contribution in [0.15, 0.2) is 18.5 Å². The van der Waals surface area contributed by atoms with Gasteiger partial charge in [0.2, 0.25) is 0 Å². The highest BCUT2D eigenvalue weighted by atomic mass is 16.5. The van der Waals surface area contributed by atoms with E-state index in [0.717, 1.165) is 36.8 Å². The number of hydrogen-bond acceptors (Lipinski definition) is 5. The normalized spacial score (nSPS) is 10.8. The molecule has 0 amide bonds. The molecule has 0 bridgehead atoms. The number of anilines is 1. The standard InChI is InChI=1S/C15H23N5O/c1-4-7-16-12-10-15(19-13(18-12)11-21-6-3)20-9-8-17-14(20)5-2/h8-10H,4-7,11H2,1-3H3,(H,16,18,19). The maximum atomic E-state index is 5.43. The van der Waals surface area contributed by atoms with Crippen molar-refractivity contribution in [1.29, 1.82) is 0 Å². The quantitative estimate of drug-likeness (QED) is 0.809. The van der Waals surface area contributed by atoms with Crippen LogP contribution in [0.4, 0.5) is 5.82 Å². The van der Waals surface area contributed by atoms with Crippen molar-refractivity contribution in [3.05, 3.63) is 30.1 Å². The van der Waals surface area contributed by atoms with Crippen LogP contribution in [-0.2, 0) is 17.8 Å². The van der Waals surface area contributed by atoms with Gasteiger partial charge in [-0.15, -0.1) is 0 Å². The summed E-state index contributed by atoms with van der Waals surface area (Å²) in [5.74, 6) is 3.32. The van der Waals surface area contributed by atoms with Crippen LogP contribution < -0.4 is 5.32 Å². The van der Waals surface area contributed by atoms with Crippen molar-refractivity contribution in [2.24, 2.45) is 0 Å². The summed E-state index contributed by atoms with van der Waals surface area (Å²) < 4.78 is 7.42. The van der Waals surface area contributed by atoms with Gasteiger partial charge in [-0.05, 0) is 13.3 Å². The summed E-state index contributed by atoms with van der Waals surface area (Å²) in [5, 5.41) is 3.31. The van der Waals surface area contributed by atoms with Crippen LogP contribution in [-0.4, -0.2) is 32.7 Å². The predicted octanol–water partition coefficient (Wildman–Crippen LogP) is 2.58. The SMILES string of the molecule is CCCNc1cc(-n2ccnc2CC)nc(COCC)n1. The Morgan fingerprint density at radius 1 is 1.24 bits per heavy atom. The molecule has 0 aromatic carbocycles. The second kappa shape index (κ2) is 7.73. The summed E-state index contributed by atoms with van der Waals surface area (Å²) in [6.07, 6.45) is 5.62. The van der Waals surface area contributed by atoms with E-state index in [-0.39, 0.29) is 0 Å². The highest BCUT2D eigenvalue weighted by Gasteiger charge is 2.09. The van der Waals surface area contributed by atoms with E-state index in [1.165, 1.54) is 0 Å². The molecular formula is C15H23N5O. The van der Waals surface area contributed by atoms with Gasteiger partial charge in [-0.1, -0.05) is 13.8 Å². The summed E-state index contributed by atoms with van der Waals surface area (Å²) >= 11 is 0. The van der Waals surface area contributed by atoms with Crippen molar-refractivity contribution in [3.63, 3.8) is 0 Å². The Bertz CT molecular complexity index is 541. The number of aryl methyl sites for hydroxylation is 1. The summed E-state index contributed by atoms with van der Waals surface area (Å²) in [7, 11) is 0. The zero-order chi connectivity index (χ0) is 15.1. The fourth-order valence-corrected chi connectivity index (χ4v) is 2.01. The molecular weight excluding hydrogens is 266 g/mol. The monoisotopic (exact) mass is 289 g/mol. The van der Waals surface area contributed by atoms with Crippen molar-refractivity contribution in [2.45, 2.75) is 40.2 Å². The van der Waals surface area contributed by atoms with Crippen molar-refractivity contribution in [1.82, 2.24) is 19.5 Å². The third-order valence-corrected chi connectivity index (χ3v) is 3.03. The zero-order valence-corrected chi connectivity index (χ0v) is 13.0. The van der Waals surface area contributed by atoms with Gasteiger partial charge < -0.3 is 10.1 Å². The van der Waals surface area contributed by atoms with Crippen molar-refractivity contribution >= 4 is 5.82 Å². The minimum Gasteiger partial charge on any atom is -0.374 e. The maximum Gasteiger partial charge on any atom is 0.158 e. The van der Waals surface area contributed by atoms with Gasteiger partial charge in [-0.3, -0.25) is 4.57 Å². The van der Waals surface area contributed by atoms with Crippen molar-refractivity contribution < 1.29 is 4.74 Å². The summed E-state index contributed by atoms with van der Waals surface area (Å²) in [6.45, 7) is 8.12. The first-order valence-electron chi connectivity index (χ1n) is 7.50. The number of nitrogens with zero attached hydrogens (tertiary/aromatic N) is 4. The molecule has 0 aliphatic carbocycles. The molecule has 0 spiro atoms. The maximum absolute atomic E-state index is 5.43. The number of rotatable bonds is 8. The number of hydrogen-bond donors (Lipinski definition) is 1. The molecule has 0 aliphatic rings. The number of aromatic nitrogens is 4. The van der Waals surface area contributed by atoms with Crippen molar-refractivity contribution in [3.8, 4) is 5.82 Å². The Hall–Kier alpha value is -1.95. The fourth-order valence-electron chi connectivity index (χ4n) is 2.01. The Morgan fingerprint density at radius 3 is 2.81 bits per heavy atom. The highest BCUT2D eigenvalue weighted by Crippen LogP contribution is 2.14. The molecule has 2 aromatic rings. The Labute approximate surface area is 125 Å². The lowest BCUT2D eigenvalue weighted by atomic mass is 10.4. The first-order chi connectivity index (χ1) is 10.3. The minimum absolute atomic E-state index is 0.418. The predicted molar refractivity (Wildman–Crippen MR) is 82.6 cm³/mol. The van der Waals surface area contributed by atoms with Crippen LogP contribution >= 0.6 is 0 Å². The van der Waals surface area contributed by atoms with E-state index in [1.807, 2.05) is 23.8 Å². The Morgan fingerprint density at radius 2 is 2.10 bits per heavy atom. The molecule has 0 aliphatic heterocycles. The molecule has 0 radical (unpaired) electrons. The zero-order valence-electron chi connectivity index (χ0n) is 13.0. The first-order valence-corrected chi connectivity index (χ1v) is 7.50. The lowest BCUT2D eigenvalue weighted by molar-refractivity contribution is 0.128. The minimum atomic E-state index is 0.418. The van der Waals surface area contributed by atoms with Crippen LogP contribution in [0.3, 0.4) is 0 Å². The molecule has 0 atom stereocenters. The molecule has 2 aromatic heterocycles. The molecule has 2 heterocycles. The van der Waals surface area contributed by atoms with E-state index >= 15 is 0 Å². The molecule has 21 heavy (non-hydrogen) atoms. The third-order valence-electron chi connectivity index (χ3n) is 3.03. The number of imidazole rings is 1. The van der Waals surface area contributed by atoms with Crippen LogP contribution in [0, 0.1) is 0 Å². The second-order valence-corrected chi connectivity index (χ2v) is 4.66. The summed E-state index contributed by atoms with van der Waals surface area (Å²) in [4.78, 5) is 13.4. The molecule has 0 saturated heterocycles. The number of ether oxygens (including phenoxy) is 1. The van der Waals surface area contributed by atoms with Gasteiger partial charge in [0.15, 0.2) is 5.82 Å². The molecule has 6 nitrogen and oxygen atoms in total. The molecule has 1 N–H and O–H groups in total. The first kappa shape index (κ1) is 15.4. The largest absolute Gasteiger partial charge is 0.374 e. The fraction of sp³-hybridized carbons (Fsp3) is 0.533. The molecule has 0 unspecified atom stereocenters. The summed E-state index contributed by atoms with van der Waals surface area (Å²) in [5.41, 5.74) is 0. The van der Waals surface area contributed by atoms with Gasteiger partial charge in [0, 0.05) is 38.0 Å². The van der Waals surface area contributed by atoms with Crippen LogP contribution in [0.1, 0.15) is 38.8 Å². The molecule has 0 saturated carbocycles. The summed E-state index contributed by atoms with van der Waals surface area (Å²) in [6, 6.07) is 1.95. The van der Waals surface area contributed by atoms with Gasteiger partial charge >= 0.3 is 0 Å². The van der Waals surface area contributed by atoms with Crippen LogP contribution in [0.25, 0.3) is 5.82 Å². The van der Waals surface area contributed by atoms with Crippen LogP contribution in [0.5, 0.6) is 0 Å².